The van der Waals surface area contributed by atoms with E-state index in [1.807, 2.05) is 0 Å². The van der Waals surface area contributed by atoms with Gasteiger partial charge in [-0.1, -0.05) is 45.0 Å². The Hall–Kier alpha value is -1.35. The zero-order chi connectivity index (χ0) is 20.6. The second-order valence-corrected chi connectivity index (χ2v) is 11.1. The third kappa shape index (κ3) is 4.26. The number of rotatable bonds is 2. The van der Waals surface area contributed by atoms with Crippen molar-refractivity contribution >= 4 is 5.91 Å². The SMILES string of the molecule is CC(=O)N[C@H]1CCC2(CCN(C3CCC(C(C)(C)C)CC3)CC2)c2ccccc21.[HH].[HH]. The first-order valence-corrected chi connectivity index (χ1v) is 11.9. The van der Waals surface area contributed by atoms with Gasteiger partial charge in [0.25, 0.3) is 0 Å². The van der Waals surface area contributed by atoms with Crippen molar-refractivity contribution in [2.45, 2.75) is 96.6 Å². The number of carbonyl (C=O) groups excluding carboxylic acids is 1. The second-order valence-electron chi connectivity index (χ2n) is 11.1. The summed E-state index contributed by atoms with van der Waals surface area (Å²) < 4.78 is 0. The summed E-state index contributed by atoms with van der Waals surface area (Å²) in [6.07, 6.45) is 10.4. The van der Waals surface area contributed by atoms with Crippen LogP contribution in [0.25, 0.3) is 0 Å². The second kappa shape index (κ2) is 8.06. The van der Waals surface area contributed by atoms with Gasteiger partial charge in [-0.25, -0.2) is 0 Å². The molecule has 1 saturated heterocycles. The third-order valence-electron chi connectivity index (χ3n) is 8.39. The first-order chi connectivity index (χ1) is 13.8. The van der Waals surface area contributed by atoms with Crippen molar-refractivity contribution in [3.63, 3.8) is 0 Å². The maximum Gasteiger partial charge on any atom is 0.217 e. The molecule has 1 aromatic carbocycles. The predicted molar refractivity (Wildman–Crippen MR) is 124 cm³/mol. The third-order valence-corrected chi connectivity index (χ3v) is 8.39. The van der Waals surface area contributed by atoms with Gasteiger partial charge in [0.1, 0.15) is 0 Å². The normalized spacial score (nSPS) is 30.0. The molecule has 1 amide bonds. The monoisotopic (exact) mass is 400 g/mol. The highest BCUT2D eigenvalue weighted by atomic mass is 16.1. The van der Waals surface area contributed by atoms with Crippen LogP contribution in [0.5, 0.6) is 0 Å². The van der Waals surface area contributed by atoms with E-state index in [1.165, 1.54) is 69.2 Å². The molecule has 3 aliphatic rings. The summed E-state index contributed by atoms with van der Waals surface area (Å²) in [5.74, 6) is 0.979. The Labute approximate surface area is 180 Å². The Morgan fingerprint density at radius 1 is 1.03 bits per heavy atom. The van der Waals surface area contributed by atoms with E-state index in [0.717, 1.165) is 18.4 Å². The standard InChI is InChI=1S/C26H40N2O.2H2/c1-19(29)27-24-13-14-26(23-8-6-5-7-22(23)24)15-17-28(18-16-26)21-11-9-20(10-12-21)25(2,3)4;;/h5-8,20-21,24H,9-18H2,1-4H3,(H,27,29);2*1H/t20?,21?,24-;;/m0../s1. The molecule has 3 heteroatoms. The van der Waals surface area contributed by atoms with Gasteiger partial charge >= 0.3 is 0 Å². The number of likely N-dealkylation sites (tertiary alicyclic amines) is 1. The Bertz CT molecular complexity index is 729. The minimum absolute atomic E-state index is 0. The molecule has 1 heterocycles. The molecule has 0 bridgehead atoms. The van der Waals surface area contributed by atoms with Gasteiger partial charge in [0.2, 0.25) is 5.91 Å². The maximum atomic E-state index is 11.7. The quantitative estimate of drug-likeness (QED) is 0.651. The highest BCUT2D eigenvalue weighted by Gasteiger charge is 2.43. The summed E-state index contributed by atoms with van der Waals surface area (Å²) in [5.41, 5.74) is 3.67. The van der Waals surface area contributed by atoms with Crippen LogP contribution in [0.1, 0.15) is 99.1 Å². The molecule has 1 aliphatic heterocycles. The number of carbonyl (C=O) groups is 1. The first-order valence-electron chi connectivity index (χ1n) is 11.9. The maximum absolute atomic E-state index is 11.7. The molecule has 0 aromatic heterocycles. The number of hydrogen-bond acceptors (Lipinski definition) is 2. The molecule has 1 aromatic rings. The molecule has 1 N–H and O–H groups in total. The molecule has 1 atom stereocenters. The van der Waals surface area contributed by atoms with E-state index in [2.05, 4.69) is 55.3 Å². The van der Waals surface area contributed by atoms with Crippen LogP contribution in [0, 0.1) is 11.3 Å². The van der Waals surface area contributed by atoms with Crippen LogP contribution in [0.4, 0.5) is 0 Å². The van der Waals surface area contributed by atoms with Crippen molar-refractivity contribution in [3.8, 4) is 0 Å². The zero-order valence-corrected chi connectivity index (χ0v) is 19.0. The number of amides is 1. The van der Waals surface area contributed by atoms with Crippen LogP contribution in [0.2, 0.25) is 0 Å². The summed E-state index contributed by atoms with van der Waals surface area (Å²) in [5, 5.41) is 3.19. The van der Waals surface area contributed by atoms with Gasteiger partial charge in [-0.2, -0.15) is 0 Å². The lowest BCUT2D eigenvalue weighted by atomic mass is 9.63. The summed E-state index contributed by atoms with van der Waals surface area (Å²) in [6.45, 7) is 11.4. The molecule has 2 aliphatic carbocycles. The Morgan fingerprint density at radius 2 is 1.69 bits per heavy atom. The summed E-state index contributed by atoms with van der Waals surface area (Å²) in [6, 6.07) is 9.91. The van der Waals surface area contributed by atoms with Gasteiger partial charge in [0.15, 0.2) is 0 Å². The summed E-state index contributed by atoms with van der Waals surface area (Å²) in [4.78, 5) is 14.5. The van der Waals surface area contributed by atoms with E-state index in [4.69, 9.17) is 0 Å². The molecular formula is C26H44N2O. The molecule has 1 spiro atoms. The average molecular weight is 401 g/mol. The van der Waals surface area contributed by atoms with E-state index in [1.54, 1.807) is 6.92 Å². The van der Waals surface area contributed by atoms with Crippen molar-refractivity contribution in [3.05, 3.63) is 35.4 Å². The van der Waals surface area contributed by atoms with Crippen molar-refractivity contribution in [1.29, 1.82) is 0 Å². The fourth-order valence-corrected chi connectivity index (χ4v) is 6.53. The molecule has 0 radical (unpaired) electrons. The number of piperidine rings is 1. The lowest BCUT2D eigenvalue weighted by Gasteiger charge is -2.50. The lowest BCUT2D eigenvalue weighted by Crippen LogP contribution is -2.50. The summed E-state index contributed by atoms with van der Waals surface area (Å²) >= 11 is 0. The average Bonchev–Trinajstić information content (AvgIpc) is 2.70. The number of nitrogens with one attached hydrogen (secondary N) is 1. The van der Waals surface area contributed by atoms with Gasteiger partial charge in [-0.15, -0.1) is 0 Å². The van der Waals surface area contributed by atoms with E-state index in [-0.39, 0.29) is 14.8 Å². The topological polar surface area (TPSA) is 32.3 Å². The van der Waals surface area contributed by atoms with Crippen LogP contribution in [0.3, 0.4) is 0 Å². The number of nitrogens with zero attached hydrogens (tertiary/aromatic N) is 1. The van der Waals surface area contributed by atoms with Crippen molar-refractivity contribution < 1.29 is 7.65 Å². The zero-order valence-electron chi connectivity index (χ0n) is 19.0. The fourth-order valence-electron chi connectivity index (χ4n) is 6.53. The van der Waals surface area contributed by atoms with E-state index >= 15 is 0 Å². The van der Waals surface area contributed by atoms with E-state index in [0.29, 0.717) is 10.8 Å². The Morgan fingerprint density at radius 3 is 2.31 bits per heavy atom. The van der Waals surface area contributed by atoms with E-state index < -0.39 is 0 Å². The molecule has 1 saturated carbocycles. The van der Waals surface area contributed by atoms with Gasteiger partial charge in [0.05, 0.1) is 6.04 Å². The molecule has 3 nitrogen and oxygen atoms in total. The fraction of sp³-hybridized carbons (Fsp3) is 0.731. The molecule has 29 heavy (non-hydrogen) atoms. The van der Waals surface area contributed by atoms with Crippen molar-refractivity contribution in [1.82, 2.24) is 10.2 Å². The molecule has 164 valence electrons. The molecule has 2 fully saturated rings. The minimum Gasteiger partial charge on any atom is -0.350 e. The first kappa shape index (κ1) is 20.9. The number of benzene rings is 1. The van der Waals surface area contributed by atoms with Crippen LogP contribution in [-0.2, 0) is 10.2 Å². The van der Waals surface area contributed by atoms with E-state index in [9.17, 15) is 4.79 Å². The number of hydrogen-bond donors (Lipinski definition) is 1. The van der Waals surface area contributed by atoms with Crippen LogP contribution >= 0.6 is 0 Å². The van der Waals surface area contributed by atoms with Gasteiger partial charge in [0, 0.05) is 15.8 Å². The van der Waals surface area contributed by atoms with Gasteiger partial charge in [-0.3, -0.25) is 4.79 Å². The molecular weight excluding hydrogens is 356 g/mol. The molecule has 4 rings (SSSR count). The number of fused-ring (bicyclic) bond motifs is 2. The smallest absolute Gasteiger partial charge is 0.217 e. The van der Waals surface area contributed by atoms with Crippen molar-refractivity contribution in [2.75, 3.05) is 13.1 Å². The minimum atomic E-state index is 0. The van der Waals surface area contributed by atoms with Crippen molar-refractivity contribution in [2.24, 2.45) is 11.3 Å². The highest BCUT2D eigenvalue weighted by Crippen LogP contribution is 2.49. The van der Waals surface area contributed by atoms with Crippen LogP contribution < -0.4 is 5.32 Å². The predicted octanol–water partition coefficient (Wildman–Crippen LogP) is 6.09. The van der Waals surface area contributed by atoms with Crippen LogP contribution in [-0.4, -0.2) is 29.9 Å². The Balaban J connectivity index is 0.00000171. The van der Waals surface area contributed by atoms with Crippen LogP contribution in [0.15, 0.2) is 24.3 Å². The summed E-state index contributed by atoms with van der Waals surface area (Å²) in [7, 11) is 0. The highest BCUT2D eigenvalue weighted by molar-refractivity contribution is 5.73. The van der Waals surface area contributed by atoms with Gasteiger partial charge < -0.3 is 10.2 Å². The molecule has 0 unspecified atom stereocenters. The largest absolute Gasteiger partial charge is 0.350 e. The lowest BCUT2D eigenvalue weighted by molar-refractivity contribution is -0.119. The van der Waals surface area contributed by atoms with Gasteiger partial charge in [-0.05, 0) is 92.3 Å². The Kier molecular flexibility index (Phi) is 5.81.